The molecule has 0 spiro atoms. The lowest BCUT2D eigenvalue weighted by Gasteiger charge is -2.10. The predicted octanol–water partition coefficient (Wildman–Crippen LogP) is 5.62. The third kappa shape index (κ3) is 3.68. The minimum Gasteiger partial charge on any atom is -0.436 e. The van der Waals surface area contributed by atoms with E-state index >= 15 is 0 Å². The number of fused-ring (bicyclic) bond motifs is 1. The molecule has 1 amide bonds. The number of halogens is 1. The van der Waals surface area contributed by atoms with Crippen LogP contribution in [0.4, 0.5) is 11.4 Å². The molecule has 0 fully saturated rings. The standard InChI is InChI=1S/C21H14ClN3O4/c1-12-6-7-13(21-24-17-4-2-3-5-19(17)29-21)10-18(12)23-20(26)15-9-8-14(25(27)28)11-16(15)22/h2-11H,1H3,(H,23,26). The molecule has 0 atom stereocenters. The molecule has 3 aromatic carbocycles. The van der Waals surface area contributed by atoms with Crippen molar-refractivity contribution in [3.8, 4) is 11.5 Å². The van der Waals surface area contributed by atoms with Crippen LogP contribution in [-0.4, -0.2) is 15.8 Å². The van der Waals surface area contributed by atoms with Gasteiger partial charge in [0.05, 0.1) is 15.5 Å². The number of benzene rings is 3. The Morgan fingerprint density at radius 1 is 1.14 bits per heavy atom. The number of non-ortho nitro benzene ring substituents is 1. The number of para-hydroxylation sites is 2. The summed E-state index contributed by atoms with van der Waals surface area (Å²) in [6, 6.07) is 16.6. The Hall–Kier alpha value is -3.71. The first-order valence-electron chi connectivity index (χ1n) is 8.64. The second-order valence-electron chi connectivity index (χ2n) is 6.39. The van der Waals surface area contributed by atoms with Gasteiger partial charge in [0.1, 0.15) is 5.52 Å². The highest BCUT2D eigenvalue weighted by Crippen LogP contribution is 2.29. The third-order valence-electron chi connectivity index (χ3n) is 4.43. The summed E-state index contributed by atoms with van der Waals surface area (Å²) in [6.45, 7) is 1.85. The van der Waals surface area contributed by atoms with Gasteiger partial charge in [0.15, 0.2) is 5.58 Å². The van der Waals surface area contributed by atoms with E-state index in [0.717, 1.165) is 17.1 Å². The normalized spacial score (nSPS) is 10.8. The van der Waals surface area contributed by atoms with Crippen molar-refractivity contribution in [3.63, 3.8) is 0 Å². The van der Waals surface area contributed by atoms with E-state index in [4.69, 9.17) is 16.0 Å². The van der Waals surface area contributed by atoms with Gasteiger partial charge in [-0.25, -0.2) is 4.98 Å². The van der Waals surface area contributed by atoms with Gasteiger partial charge in [0.2, 0.25) is 5.89 Å². The molecular weight excluding hydrogens is 394 g/mol. The number of aromatic nitrogens is 1. The largest absolute Gasteiger partial charge is 0.436 e. The molecule has 1 N–H and O–H groups in total. The molecule has 0 saturated carbocycles. The maximum absolute atomic E-state index is 12.7. The Labute approximate surface area is 170 Å². The van der Waals surface area contributed by atoms with Crippen LogP contribution in [0.3, 0.4) is 0 Å². The van der Waals surface area contributed by atoms with Gasteiger partial charge in [0.25, 0.3) is 11.6 Å². The second kappa shape index (κ2) is 7.37. The molecule has 0 radical (unpaired) electrons. The number of rotatable bonds is 4. The van der Waals surface area contributed by atoms with Crippen molar-refractivity contribution in [2.75, 3.05) is 5.32 Å². The zero-order valence-electron chi connectivity index (χ0n) is 15.2. The fourth-order valence-electron chi connectivity index (χ4n) is 2.88. The number of hydrogen-bond acceptors (Lipinski definition) is 5. The average molecular weight is 408 g/mol. The molecule has 8 heteroatoms. The van der Waals surface area contributed by atoms with Gasteiger partial charge in [-0.2, -0.15) is 0 Å². The fraction of sp³-hybridized carbons (Fsp3) is 0.0476. The highest BCUT2D eigenvalue weighted by molar-refractivity contribution is 6.34. The zero-order valence-corrected chi connectivity index (χ0v) is 15.9. The second-order valence-corrected chi connectivity index (χ2v) is 6.80. The first kappa shape index (κ1) is 18.6. The third-order valence-corrected chi connectivity index (χ3v) is 4.75. The number of nitro groups is 1. The molecule has 1 aromatic heterocycles. The maximum Gasteiger partial charge on any atom is 0.270 e. The van der Waals surface area contributed by atoms with Crippen molar-refractivity contribution in [1.29, 1.82) is 0 Å². The van der Waals surface area contributed by atoms with Crippen LogP contribution in [0.15, 0.2) is 65.1 Å². The summed E-state index contributed by atoms with van der Waals surface area (Å²) in [7, 11) is 0. The van der Waals surface area contributed by atoms with E-state index in [1.54, 1.807) is 6.07 Å². The van der Waals surface area contributed by atoms with Gasteiger partial charge in [-0.3, -0.25) is 14.9 Å². The molecule has 0 saturated heterocycles. The Bertz CT molecular complexity index is 1230. The van der Waals surface area contributed by atoms with Crippen LogP contribution in [0.5, 0.6) is 0 Å². The van der Waals surface area contributed by atoms with Crippen LogP contribution in [-0.2, 0) is 0 Å². The lowest BCUT2D eigenvalue weighted by molar-refractivity contribution is -0.384. The average Bonchev–Trinajstić information content (AvgIpc) is 3.13. The van der Waals surface area contributed by atoms with E-state index in [0.29, 0.717) is 22.7 Å². The van der Waals surface area contributed by atoms with Crippen molar-refractivity contribution < 1.29 is 14.1 Å². The number of carbonyl (C=O) groups excluding carboxylic acids is 1. The van der Waals surface area contributed by atoms with Crippen LogP contribution in [0.1, 0.15) is 15.9 Å². The molecule has 0 aliphatic heterocycles. The van der Waals surface area contributed by atoms with Crippen molar-refractivity contribution in [3.05, 3.63) is 86.9 Å². The quantitative estimate of drug-likeness (QED) is 0.350. The van der Waals surface area contributed by atoms with E-state index in [9.17, 15) is 14.9 Å². The SMILES string of the molecule is Cc1ccc(-c2nc3ccccc3o2)cc1NC(=O)c1ccc([N+](=O)[O-])cc1Cl. The van der Waals surface area contributed by atoms with Crippen LogP contribution < -0.4 is 5.32 Å². The van der Waals surface area contributed by atoms with Gasteiger partial charge in [-0.1, -0.05) is 29.8 Å². The topological polar surface area (TPSA) is 98.3 Å². The maximum atomic E-state index is 12.7. The summed E-state index contributed by atoms with van der Waals surface area (Å²) in [6.07, 6.45) is 0. The Balaban J connectivity index is 1.64. The van der Waals surface area contributed by atoms with Gasteiger partial charge in [0, 0.05) is 23.4 Å². The number of anilines is 1. The molecular formula is C21H14ClN3O4. The molecule has 4 aromatic rings. The van der Waals surface area contributed by atoms with Gasteiger partial charge < -0.3 is 9.73 Å². The Morgan fingerprint density at radius 3 is 2.66 bits per heavy atom. The molecule has 0 aliphatic rings. The smallest absolute Gasteiger partial charge is 0.270 e. The summed E-state index contributed by atoms with van der Waals surface area (Å²) in [5.41, 5.74) is 3.47. The van der Waals surface area contributed by atoms with Gasteiger partial charge in [-0.15, -0.1) is 0 Å². The molecule has 0 unspecified atom stereocenters. The summed E-state index contributed by atoms with van der Waals surface area (Å²) in [5.74, 6) is -0.0298. The van der Waals surface area contributed by atoms with E-state index in [1.807, 2.05) is 43.3 Å². The van der Waals surface area contributed by atoms with Gasteiger partial charge in [-0.05, 0) is 42.8 Å². The van der Waals surface area contributed by atoms with Crippen molar-refractivity contribution in [2.45, 2.75) is 6.92 Å². The lowest BCUT2D eigenvalue weighted by atomic mass is 10.1. The minimum atomic E-state index is -0.568. The van der Waals surface area contributed by atoms with E-state index in [-0.39, 0.29) is 16.3 Å². The zero-order chi connectivity index (χ0) is 20.5. The Morgan fingerprint density at radius 2 is 1.93 bits per heavy atom. The van der Waals surface area contributed by atoms with E-state index in [2.05, 4.69) is 10.3 Å². The number of aryl methyl sites for hydroxylation is 1. The first-order chi connectivity index (χ1) is 13.9. The lowest BCUT2D eigenvalue weighted by Crippen LogP contribution is -2.13. The highest BCUT2D eigenvalue weighted by atomic mass is 35.5. The number of carbonyl (C=O) groups is 1. The van der Waals surface area contributed by atoms with Crippen LogP contribution in [0.25, 0.3) is 22.6 Å². The van der Waals surface area contributed by atoms with Gasteiger partial charge >= 0.3 is 0 Å². The number of hydrogen-bond donors (Lipinski definition) is 1. The van der Waals surface area contributed by atoms with Crippen molar-refractivity contribution in [2.24, 2.45) is 0 Å². The number of nitrogens with one attached hydrogen (secondary N) is 1. The molecule has 144 valence electrons. The molecule has 7 nitrogen and oxygen atoms in total. The molecule has 0 aliphatic carbocycles. The minimum absolute atomic E-state index is 0.00413. The fourth-order valence-corrected chi connectivity index (χ4v) is 3.14. The number of oxazole rings is 1. The number of nitro benzene ring substituents is 1. The molecule has 29 heavy (non-hydrogen) atoms. The van der Waals surface area contributed by atoms with Crippen LogP contribution in [0.2, 0.25) is 5.02 Å². The number of amides is 1. The molecule has 0 bridgehead atoms. The van der Waals surface area contributed by atoms with Crippen LogP contribution >= 0.6 is 11.6 Å². The van der Waals surface area contributed by atoms with E-state index in [1.165, 1.54) is 12.1 Å². The predicted molar refractivity (Wildman–Crippen MR) is 110 cm³/mol. The monoisotopic (exact) mass is 407 g/mol. The first-order valence-corrected chi connectivity index (χ1v) is 9.02. The number of nitrogens with zero attached hydrogens (tertiary/aromatic N) is 2. The Kier molecular flexibility index (Phi) is 4.74. The molecule has 1 heterocycles. The van der Waals surface area contributed by atoms with E-state index < -0.39 is 10.8 Å². The summed E-state index contributed by atoms with van der Waals surface area (Å²) in [5, 5.41) is 13.6. The summed E-state index contributed by atoms with van der Waals surface area (Å²) < 4.78 is 5.78. The van der Waals surface area contributed by atoms with Crippen molar-refractivity contribution in [1.82, 2.24) is 4.98 Å². The summed E-state index contributed by atoms with van der Waals surface area (Å²) in [4.78, 5) is 27.4. The van der Waals surface area contributed by atoms with Crippen molar-refractivity contribution >= 4 is 40.0 Å². The van der Waals surface area contributed by atoms with Crippen LogP contribution in [0, 0.1) is 17.0 Å². The highest BCUT2D eigenvalue weighted by Gasteiger charge is 2.17. The summed E-state index contributed by atoms with van der Waals surface area (Å²) >= 11 is 6.06. The molecule has 4 rings (SSSR count).